The molecule has 3 aromatic rings. The van der Waals surface area contributed by atoms with Gasteiger partial charge in [-0.1, -0.05) is 40.6 Å². The SMILES string of the molecule is CCCCOc1ccc(C(=O)N=c2sc3cc(Br)ccc3n2CCOCC)cc1. The van der Waals surface area contributed by atoms with E-state index in [1.165, 1.54) is 11.3 Å². The molecule has 1 heterocycles. The molecule has 1 aromatic heterocycles. The van der Waals surface area contributed by atoms with E-state index in [4.69, 9.17) is 9.47 Å². The number of unbranched alkanes of at least 4 members (excludes halogenated alkanes) is 1. The number of carbonyl (C=O) groups excluding carboxylic acids is 1. The Hall–Kier alpha value is -1.96. The van der Waals surface area contributed by atoms with Crippen LogP contribution in [0.2, 0.25) is 0 Å². The molecule has 0 bridgehead atoms. The monoisotopic (exact) mass is 476 g/mol. The van der Waals surface area contributed by atoms with E-state index >= 15 is 0 Å². The van der Waals surface area contributed by atoms with Crippen LogP contribution in [-0.4, -0.2) is 30.3 Å². The van der Waals surface area contributed by atoms with Gasteiger partial charge in [0, 0.05) is 23.2 Å². The number of ether oxygens (including phenoxy) is 2. The Labute approximate surface area is 183 Å². The van der Waals surface area contributed by atoms with Gasteiger partial charge in [0.2, 0.25) is 0 Å². The molecule has 0 fully saturated rings. The minimum absolute atomic E-state index is 0.263. The van der Waals surface area contributed by atoms with Gasteiger partial charge < -0.3 is 14.0 Å². The number of benzene rings is 2. The lowest BCUT2D eigenvalue weighted by atomic mass is 10.2. The number of hydrogen-bond acceptors (Lipinski definition) is 4. The van der Waals surface area contributed by atoms with Gasteiger partial charge in [-0.3, -0.25) is 4.79 Å². The standard InChI is InChI=1S/C22H25BrN2O3S/c1-3-5-13-28-18-9-6-16(7-10-18)21(26)24-22-25(12-14-27-4-2)19-11-8-17(23)15-20(19)29-22/h6-11,15H,3-5,12-14H2,1-2H3. The van der Waals surface area contributed by atoms with Crippen LogP contribution in [0.25, 0.3) is 10.2 Å². The second-order valence-corrected chi connectivity index (χ2v) is 8.41. The van der Waals surface area contributed by atoms with Crippen molar-refractivity contribution in [1.82, 2.24) is 4.57 Å². The summed E-state index contributed by atoms with van der Waals surface area (Å²) in [7, 11) is 0. The Kier molecular flexibility index (Phi) is 8.03. The normalized spacial score (nSPS) is 11.9. The van der Waals surface area contributed by atoms with Gasteiger partial charge in [0.25, 0.3) is 5.91 Å². The van der Waals surface area contributed by atoms with E-state index in [9.17, 15) is 4.79 Å². The van der Waals surface area contributed by atoms with Crippen molar-refractivity contribution in [2.24, 2.45) is 4.99 Å². The molecule has 29 heavy (non-hydrogen) atoms. The summed E-state index contributed by atoms with van der Waals surface area (Å²) in [5.41, 5.74) is 1.59. The van der Waals surface area contributed by atoms with Crippen LogP contribution in [0.3, 0.4) is 0 Å². The second-order valence-electron chi connectivity index (χ2n) is 6.49. The molecule has 7 heteroatoms. The number of thiazole rings is 1. The molecule has 0 aliphatic rings. The Morgan fingerprint density at radius 3 is 2.66 bits per heavy atom. The molecule has 5 nitrogen and oxygen atoms in total. The molecule has 0 saturated heterocycles. The van der Waals surface area contributed by atoms with E-state index in [0.717, 1.165) is 33.3 Å². The molecule has 0 N–H and O–H groups in total. The number of aromatic nitrogens is 1. The van der Waals surface area contributed by atoms with Crippen LogP contribution in [0.15, 0.2) is 51.9 Å². The average Bonchev–Trinajstić information content (AvgIpc) is 3.05. The fraction of sp³-hybridized carbons (Fsp3) is 0.364. The maximum atomic E-state index is 12.8. The van der Waals surface area contributed by atoms with E-state index < -0.39 is 0 Å². The van der Waals surface area contributed by atoms with E-state index in [2.05, 4.69) is 27.8 Å². The first kappa shape index (κ1) is 21.7. The topological polar surface area (TPSA) is 52.8 Å². The summed E-state index contributed by atoms with van der Waals surface area (Å²) >= 11 is 5.01. The molecule has 0 aliphatic heterocycles. The van der Waals surface area contributed by atoms with Crippen molar-refractivity contribution >= 4 is 43.4 Å². The third kappa shape index (κ3) is 5.78. The third-order valence-corrected chi connectivity index (χ3v) is 5.91. The van der Waals surface area contributed by atoms with Crippen molar-refractivity contribution in [2.75, 3.05) is 19.8 Å². The number of nitrogens with zero attached hydrogens (tertiary/aromatic N) is 2. The van der Waals surface area contributed by atoms with Crippen molar-refractivity contribution in [2.45, 2.75) is 33.2 Å². The lowest BCUT2D eigenvalue weighted by Crippen LogP contribution is -2.19. The predicted octanol–water partition coefficient (Wildman–Crippen LogP) is 5.42. The number of hydrogen-bond donors (Lipinski definition) is 0. The summed E-state index contributed by atoms with van der Waals surface area (Å²) in [6.45, 7) is 6.66. The van der Waals surface area contributed by atoms with Crippen LogP contribution >= 0.6 is 27.3 Å². The first-order chi connectivity index (χ1) is 14.1. The number of rotatable bonds is 9. The van der Waals surface area contributed by atoms with Crippen LogP contribution in [0.4, 0.5) is 0 Å². The molecule has 0 unspecified atom stereocenters. The maximum Gasteiger partial charge on any atom is 0.279 e. The highest BCUT2D eigenvalue weighted by atomic mass is 79.9. The molecule has 2 aromatic carbocycles. The fourth-order valence-electron chi connectivity index (χ4n) is 2.83. The molecule has 0 radical (unpaired) electrons. The molecule has 0 saturated carbocycles. The van der Waals surface area contributed by atoms with Crippen LogP contribution < -0.4 is 9.54 Å². The van der Waals surface area contributed by atoms with E-state index in [0.29, 0.717) is 36.7 Å². The Morgan fingerprint density at radius 1 is 1.14 bits per heavy atom. The Morgan fingerprint density at radius 2 is 1.93 bits per heavy atom. The summed E-state index contributed by atoms with van der Waals surface area (Å²) in [4.78, 5) is 17.8. The summed E-state index contributed by atoms with van der Waals surface area (Å²) < 4.78 is 15.3. The van der Waals surface area contributed by atoms with Gasteiger partial charge in [-0.15, -0.1) is 0 Å². The van der Waals surface area contributed by atoms with E-state index in [1.807, 2.05) is 41.8 Å². The summed E-state index contributed by atoms with van der Waals surface area (Å²) in [5, 5.41) is 0. The van der Waals surface area contributed by atoms with Crippen LogP contribution in [-0.2, 0) is 11.3 Å². The molecule has 154 valence electrons. The van der Waals surface area contributed by atoms with Crippen molar-refractivity contribution in [3.05, 3.63) is 57.3 Å². The van der Waals surface area contributed by atoms with Gasteiger partial charge in [0.1, 0.15) is 5.75 Å². The van der Waals surface area contributed by atoms with Crippen molar-refractivity contribution in [3.63, 3.8) is 0 Å². The number of carbonyl (C=O) groups is 1. The minimum Gasteiger partial charge on any atom is -0.494 e. The highest BCUT2D eigenvalue weighted by Crippen LogP contribution is 2.22. The van der Waals surface area contributed by atoms with Gasteiger partial charge in [0.15, 0.2) is 4.80 Å². The smallest absolute Gasteiger partial charge is 0.279 e. The summed E-state index contributed by atoms with van der Waals surface area (Å²) in [5.74, 6) is 0.509. The van der Waals surface area contributed by atoms with Crippen molar-refractivity contribution in [3.8, 4) is 5.75 Å². The van der Waals surface area contributed by atoms with Crippen molar-refractivity contribution in [1.29, 1.82) is 0 Å². The molecule has 0 spiro atoms. The van der Waals surface area contributed by atoms with Crippen LogP contribution in [0.1, 0.15) is 37.0 Å². The highest BCUT2D eigenvalue weighted by Gasteiger charge is 2.10. The van der Waals surface area contributed by atoms with Crippen LogP contribution in [0, 0.1) is 0 Å². The number of amides is 1. The van der Waals surface area contributed by atoms with E-state index in [1.54, 1.807) is 12.1 Å². The average molecular weight is 477 g/mol. The van der Waals surface area contributed by atoms with Crippen molar-refractivity contribution < 1.29 is 14.3 Å². The summed E-state index contributed by atoms with van der Waals surface area (Å²) in [6.07, 6.45) is 2.10. The first-order valence-electron chi connectivity index (χ1n) is 9.81. The third-order valence-electron chi connectivity index (χ3n) is 4.37. The predicted molar refractivity (Wildman–Crippen MR) is 121 cm³/mol. The number of fused-ring (bicyclic) bond motifs is 1. The zero-order valence-electron chi connectivity index (χ0n) is 16.7. The summed E-state index contributed by atoms with van der Waals surface area (Å²) in [6, 6.07) is 13.3. The maximum absolute atomic E-state index is 12.8. The minimum atomic E-state index is -0.263. The number of halogens is 1. The second kappa shape index (κ2) is 10.7. The lowest BCUT2D eigenvalue weighted by molar-refractivity contribution is 0.0996. The van der Waals surface area contributed by atoms with Gasteiger partial charge >= 0.3 is 0 Å². The zero-order chi connectivity index (χ0) is 20.6. The van der Waals surface area contributed by atoms with Gasteiger partial charge in [-0.05, 0) is 55.8 Å². The van der Waals surface area contributed by atoms with Gasteiger partial charge in [-0.25, -0.2) is 0 Å². The molecule has 0 aliphatic carbocycles. The Balaban J connectivity index is 1.87. The highest BCUT2D eigenvalue weighted by molar-refractivity contribution is 9.10. The molecular weight excluding hydrogens is 452 g/mol. The zero-order valence-corrected chi connectivity index (χ0v) is 19.1. The molecular formula is C22H25BrN2O3S. The molecule has 0 atom stereocenters. The van der Waals surface area contributed by atoms with Gasteiger partial charge in [-0.2, -0.15) is 4.99 Å². The van der Waals surface area contributed by atoms with E-state index in [-0.39, 0.29) is 5.91 Å². The quantitative estimate of drug-likeness (QED) is 0.387. The lowest BCUT2D eigenvalue weighted by Gasteiger charge is -2.06. The van der Waals surface area contributed by atoms with Gasteiger partial charge in [0.05, 0.1) is 23.4 Å². The molecule has 1 amide bonds. The first-order valence-corrected chi connectivity index (χ1v) is 11.4. The Bertz CT molecular complexity index is 1020. The van der Waals surface area contributed by atoms with Crippen LogP contribution in [0.5, 0.6) is 5.75 Å². The largest absolute Gasteiger partial charge is 0.494 e. The molecule has 3 rings (SSSR count). The fourth-order valence-corrected chi connectivity index (χ4v) is 4.43.